The molecule has 20 heavy (non-hydrogen) atoms. The topological polar surface area (TPSA) is 109 Å². The van der Waals surface area contributed by atoms with E-state index < -0.39 is 24.5 Å². The van der Waals surface area contributed by atoms with Crippen LogP contribution in [0, 0.1) is 0 Å². The number of carbonyl (C=O) groups is 1. The number of hydrogen-bond donors (Lipinski definition) is 3. The first kappa shape index (κ1) is 16.9. The van der Waals surface area contributed by atoms with Crippen molar-refractivity contribution in [2.45, 2.75) is 51.8 Å². The van der Waals surface area contributed by atoms with Crippen molar-refractivity contribution in [3.8, 4) is 0 Å². The molecule has 3 N–H and O–H groups in total. The van der Waals surface area contributed by atoms with Crippen LogP contribution < -0.4 is 0 Å². The fourth-order valence-electron chi connectivity index (χ4n) is 1.46. The molecule has 0 saturated carbocycles. The number of rotatable bonds is 9. The van der Waals surface area contributed by atoms with Crippen molar-refractivity contribution in [1.29, 1.82) is 0 Å². The van der Waals surface area contributed by atoms with Crippen molar-refractivity contribution >= 4 is 5.97 Å². The molecule has 1 saturated heterocycles. The van der Waals surface area contributed by atoms with Crippen molar-refractivity contribution in [2.75, 3.05) is 13.2 Å². The van der Waals surface area contributed by atoms with Crippen LogP contribution in [0.5, 0.6) is 0 Å². The van der Waals surface area contributed by atoms with E-state index in [0.29, 0.717) is 6.61 Å². The highest BCUT2D eigenvalue weighted by atomic mass is 16.7. The zero-order chi connectivity index (χ0) is 15.3. The van der Waals surface area contributed by atoms with Gasteiger partial charge in [0.15, 0.2) is 0 Å². The Kier molecular flexibility index (Phi) is 6.41. The predicted octanol–water partition coefficient (Wildman–Crippen LogP) is 0.255. The number of aliphatic carboxylic acids is 1. The lowest BCUT2D eigenvalue weighted by Crippen LogP contribution is -2.31. The van der Waals surface area contributed by atoms with E-state index in [1.165, 1.54) is 20.8 Å². The van der Waals surface area contributed by atoms with E-state index in [-0.39, 0.29) is 30.5 Å². The van der Waals surface area contributed by atoms with Crippen LogP contribution in [0.1, 0.15) is 27.2 Å². The highest BCUT2D eigenvalue weighted by molar-refractivity contribution is 5.86. The van der Waals surface area contributed by atoms with Gasteiger partial charge in [-0.3, -0.25) is 0 Å². The molecule has 4 unspecified atom stereocenters. The lowest BCUT2D eigenvalue weighted by atomic mass is 10.1. The maximum atomic E-state index is 11.0. The van der Waals surface area contributed by atoms with E-state index in [9.17, 15) is 15.0 Å². The lowest BCUT2D eigenvalue weighted by molar-refractivity contribution is -0.174. The highest BCUT2D eigenvalue weighted by Gasteiger charge is 2.28. The van der Waals surface area contributed by atoms with Crippen molar-refractivity contribution in [3.63, 3.8) is 0 Å². The van der Waals surface area contributed by atoms with Crippen molar-refractivity contribution in [1.82, 2.24) is 0 Å². The summed E-state index contributed by atoms with van der Waals surface area (Å²) >= 11 is 0. The van der Waals surface area contributed by atoms with E-state index in [1.54, 1.807) is 0 Å². The van der Waals surface area contributed by atoms with Gasteiger partial charge >= 0.3 is 5.97 Å². The summed E-state index contributed by atoms with van der Waals surface area (Å²) in [6.07, 6.45) is -2.67. The number of epoxide rings is 1. The third-order valence-electron chi connectivity index (χ3n) is 2.72. The summed E-state index contributed by atoms with van der Waals surface area (Å²) in [5, 5.41) is 28.0. The summed E-state index contributed by atoms with van der Waals surface area (Å²) in [6.45, 7) is 5.26. The third kappa shape index (κ3) is 5.87. The minimum Gasteiger partial charge on any atom is -0.478 e. The molecule has 4 atom stereocenters. The van der Waals surface area contributed by atoms with Crippen molar-refractivity contribution in [2.24, 2.45) is 0 Å². The van der Waals surface area contributed by atoms with Gasteiger partial charge in [0.25, 0.3) is 0 Å². The molecule has 7 nitrogen and oxygen atoms in total. The Morgan fingerprint density at radius 1 is 1.40 bits per heavy atom. The van der Waals surface area contributed by atoms with Gasteiger partial charge in [-0.2, -0.15) is 0 Å². The molecule has 0 radical (unpaired) electrons. The molecule has 7 heteroatoms. The summed E-state index contributed by atoms with van der Waals surface area (Å²) < 4.78 is 15.8. The number of hydrogen-bond acceptors (Lipinski definition) is 6. The smallest absolute Gasteiger partial charge is 0.334 e. The van der Waals surface area contributed by atoms with E-state index in [0.717, 1.165) is 0 Å². The Morgan fingerprint density at radius 3 is 2.40 bits per heavy atom. The van der Waals surface area contributed by atoms with Crippen LogP contribution in [0.3, 0.4) is 0 Å². The Bertz CT molecular complexity index is 358. The van der Waals surface area contributed by atoms with Gasteiger partial charge < -0.3 is 29.5 Å². The fraction of sp³-hybridized carbons (Fsp3) is 0.769. The van der Waals surface area contributed by atoms with E-state index in [2.05, 4.69) is 0 Å². The van der Waals surface area contributed by atoms with Crippen LogP contribution in [0.2, 0.25) is 0 Å². The van der Waals surface area contributed by atoms with Crippen LogP contribution in [-0.2, 0) is 19.0 Å². The summed E-state index contributed by atoms with van der Waals surface area (Å²) in [5.41, 5.74) is -0.0252. The standard InChI is InChI=1S/C13H22O7/c1-7(14)4-11(8(2)12(16)17)20-13(9(3)15)19-6-10-5-18-10/h7,9-10,13-15H,4-6H2,1-3H3,(H,16,17). The zero-order valence-corrected chi connectivity index (χ0v) is 11.9. The molecule has 1 aliphatic heterocycles. The number of aliphatic hydroxyl groups is 2. The third-order valence-corrected chi connectivity index (χ3v) is 2.72. The first-order valence-electron chi connectivity index (χ1n) is 6.50. The number of ether oxygens (including phenoxy) is 3. The number of aliphatic hydroxyl groups excluding tert-OH is 2. The summed E-state index contributed by atoms with van der Waals surface area (Å²) in [7, 11) is 0. The van der Waals surface area contributed by atoms with E-state index in [1.807, 2.05) is 0 Å². The maximum absolute atomic E-state index is 11.0. The van der Waals surface area contributed by atoms with Gasteiger partial charge in [-0.15, -0.1) is 0 Å². The predicted molar refractivity (Wildman–Crippen MR) is 68.9 cm³/mol. The first-order valence-corrected chi connectivity index (χ1v) is 6.50. The molecule has 0 amide bonds. The fourth-order valence-corrected chi connectivity index (χ4v) is 1.46. The van der Waals surface area contributed by atoms with E-state index in [4.69, 9.17) is 19.3 Å². The highest BCUT2D eigenvalue weighted by Crippen LogP contribution is 2.19. The van der Waals surface area contributed by atoms with Gasteiger partial charge in [-0.1, -0.05) is 0 Å². The average Bonchev–Trinajstić information content (AvgIpc) is 3.14. The Morgan fingerprint density at radius 2 is 2.00 bits per heavy atom. The molecule has 0 aliphatic carbocycles. The molecular weight excluding hydrogens is 268 g/mol. The quantitative estimate of drug-likeness (QED) is 0.242. The minimum atomic E-state index is -1.14. The first-order chi connectivity index (χ1) is 9.31. The minimum absolute atomic E-state index is 0.00427. The molecule has 0 spiro atoms. The largest absolute Gasteiger partial charge is 0.478 e. The van der Waals surface area contributed by atoms with Crippen LogP contribution in [0.15, 0.2) is 11.3 Å². The molecule has 0 aromatic rings. The molecule has 116 valence electrons. The van der Waals surface area contributed by atoms with Crippen LogP contribution in [0.25, 0.3) is 0 Å². The second-order valence-corrected chi connectivity index (χ2v) is 4.92. The molecule has 1 rings (SSSR count). The second kappa shape index (κ2) is 7.58. The van der Waals surface area contributed by atoms with Crippen molar-refractivity contribution in [3.05, 3.63) is 11.3 Å². The number of carboxylic acids is 1. The van der Waals surface area contributed by atoms with Gasteiger partial charge in [0.1, 0.15) is 18.0 Å². The van der Waals surface area contributed by atoms with Crippen molar-refractivity contribution < 1.29 is 34.3 Å². The van der Waals surface area contributed by atoms with E-state index >= 15 is 0 Å². The maximum Gasteiger partial charge on any atom is 0.334 e. The van der Waals surface area contributed by atoms with Gasteiger partial charge in [0.05, 0.1) is 24.9 Å². The molecule has 0 aromatic heterocycles. The Labute approximate surface area is 117 Å². The summed E-state index contributed by atoms with van der Waals surface area (Å²) in [5.74, 6) is -1.05. The SMILES string of the molecule is CC(C(=O)O)=C(CC(C)O)OC(OCC1CO1)C(C)O. The second-order valence-electron chi connectivity index (χ2n) is 4.92. The molecule has 0 bridgehead atoms. The van der Waals surface area contributed by atoms with Gasteiger partial charge in [-0.25, -0.2) is 4.79 Å². The summed E-state index contributed by atoms with van der Waals surface area (Å²) in [4.78, 5) is 11.0. The van der Waals surface area contributed by atoms with Crippen LogP contribution >= 0.6 is 0 Å². The normalized spacial score (nSPS) is 23.6. The molecular formula is C13H22O7. The number of carboxylic acid groups (broad SMARTS) is 1. The summed E-state index contributed by atoms with van der Waals surface area (Å²) in [6, 6.07) is 0. The molecule has 1 aliphatic rings. The van der Waals surface area contributed by atoms with Crippen LogP contribution in [-0.4, -0.2) is 59.1 Å². The van der Waals surface area contributed by atoms with Crippen LogP contribution in [0.4, 0.5) is 0 Å². The molecule has 1 heterocycles. The van der Waals surface area contributed by atoms with Gasteiger partial charge in [-0.05, 0) is 20.8 Å². The van der Waals surface area contributed by atoms with Gasteiger partial charge in [0, 0.05) is 6.42 Å². The molecule has 0 aromatic carbocycles. The monoisotopic (exact) mass is 290 g/mol. The zero-order valence-electron chi connectivity index (χ0n) is 11.9. The Balaban J connectivity index is 2.72. The average molecular weight is 290 g/mol. The lowest BCUT2D eigenvalue weighted by Gasteiger charge is -2.24. The van der Waals surface area contributed by atoms with Gasteiger partial charge in [0.2, 0.25) is 6.29 Å². The Hall–Kier alpha value is -1.15. The molecule has 1 fully saturated rings.